The van der Waals surface area contributed by atoms with E-state index in [2.05, 4.69) is 6.92 Å². The highest BCUT2D eigenvalue weighted by Gasteiger charge is 2.07. The Morgan fingerprint density at radius 1 is 0.818 bits per heavy atom. The first kappa shape index (κ1) is 16.1. The molecule has 3 heteroatoms. The summed E-state index contributed by atoms with van der Waals surface area (Å²) in [5.74, 6) is 0.613. The molecule has 0 heterocycles. The first-order valence-corrected chi connectivity index (χ1v) is 7.75. The lowest BCUT2D eigenvalue weighted by Gasteiger charge is -2.07. The molecule has 0 aliphatic rings. The van der Waals surface area contributed by atoms with E-state index in [1.165, 1.54) is 0 Å². The molecule has 2 rings (SSSR count). The fourth-order valence-electron chi connectivity index (χ4n) is 2.04. The third-order valence-corrected chi connectivity index (χ3v) is 3.22. The van der Waals surface area contributed by atoms with Gasteiger partial charge >= 0.3 is 5.97 Å². The lowest BCUT2D eigenvalue weighted by atomic mass is 10.0. The van der Waals surface area contributed by atoms with Crippen molar-refractivity contribution in [3.63, 3.8) is 0 Å². The molecular weight excluding hydrogens is 276 g/mol. The molecule has 2 aromatic rings. The fraction of sp³-hybridized carbons (Fsp3) is 0.316. The summed E-state index contributed by atoms with van der Waals surface area (Å²) in [5, 5.41) is 0. The Bertz CT molecular complexity index is 585. The summed E-state index contributed by atoms with van der Waals surface area (Å²) in [7, 11) is 0. The minimum Gasteiger partial charge on any atom is -0.494 e. The molecule has 0 aliphatic carbocycles. The summed E-state index contributed by atoms with van der Waals surface area (Å²) >= 11 is 0. The molecule has 0 saturated carbocycles. The van der Waals surface area contributed by atoms with Gasteiger partial charge in [-0.1, -0.05) is 38.1 Å². The normalized spacial score (nSPS) is 10.3. The van der Waals surface area contributed by atoms with Crippen molar-refractivity contribution >= 4 is 5.97 Å². The summed E-state index contributed by atoms with van der Waals surface area (Å²) in [4.78, 5) is 11.8. The Labute approximate surface area is 131 Å². The van der Waals surface area contributed by atoms with Crippen LogP contribution in [0, 0.1) is 0 Å². The van der Waals surface area contributed by atoms with Crippen LogP contribution >= 0.6 is 0 Å². The SMILES string of the molecule is CCCOC(=O)c1ccc(-c2ccc(OCCC)cc2)cc1. The standard InChI is InChI=1S/C19H22O3/c1-3-13-21-18-11-9-16(10-12-18)15-5-7-17(8-6-15)19(20)22-14-4-2/h5-12H,3-4,13-14H2,1-2H3. The molecular formula is C19H22O3. The second-order valence-electron chi connectivity index (χ2n) is 5.09. The predicted octanol–water partition coefficient (Wildman–Crippen LogP) is 4.71. The van der Waals surface area contributed by atoms with Gasteiger partial charge in [0, 0.05) is 0 Å². The van der Waals surface area contributed by atoms with Crippen molar-refractivity contribution in [3.05, 3.63) is 54.1 Å². The van der Waals surface area contributed by atoms with Crippen molar-refractivity contribution in [2.24, 2.45) is 0 Å². The van der Waals surface area contributed by atoms with Gasteiger partial charge in [0.05, 0.1) is 18.8 Å². The van der Waals surface area contributed by atoms with E-state index in [4.69, 9.17) is 9.47 Å². The number of esters is 1. The predicted molar refractivity (Wildman–Crippen MR) is 88.2 cm³/mol. The Morgan fingerprint density at radius 2 is 1.36 bits per heavy atom. The van der Waals surface area contributed by atoms with E-state index in [0.29, 0.717) is 12.2 Å². The first-order valence-electron chi connectivity index (χ1n) is 7.75. The summed E-state index contributed by atoms with van der Waals surface area (Å²) in [6, 6.07) is 15.5. The van der Waals surface area contributed by atoms with Crippen LogP contribution in [0.4, 0.5) is 0 Å². The molecule has 0 amide bonds. The number of carbonyl (C=O) groups excluding carboxylic acids is 1. The number of hydrogen-bond acceptors (Lipinski definition) is 3. The van der Waals surface area contributed by atoms with E-state index in [9.17, 15) is 4.79 Å². The zero-order valence-corrected chi connectivity index (χ0v) is 13.2. The maximum atomic E-state index is 11.8. The Morgan fingerprint density at radius 3 is 1.91 bits per heavy atom. The van der Waals surface area contributed by atoms with Crippen molar-refractivity contribution in [3.8, 4) is 16.9 Å². The van der Waals surface area contributed by atoms with Crippen LogP contribution in [0.1, 0.15) is 37.0 Å². The van der Waals surface area contributed by atoms with Gasteiger partial charge in [0.25, 0.3) is 0 Å². The maximum Gasteiger partial charge on any atom is 0.338 e. The van der Waals surface area contributed by atoms with Crippen LogP contribution in [-0.4, -0.2) is 19.2 Å². The van der Waals surface area contributed by atoms with E-state index < -0.39 is 0 Å². The highest BCUT2D eigenvalue weighted by molar-refractivity contribution is 5.90. The molecule has 0 aliphatic heterocycles. The number of rotatable bonds is 7. The van der Waals surface area contributed by atoms with E-state index in [1.807, 2.05) is 43.3 Å². The Kier molecular flexibility index (Phi) is 6.01. The second kappa shape index (κ2) is 8.23. The summed E-state index contributed by atoms with van der Waals surface area (Å²) in [6.07, 6.45) is 1.83. The van der Waals surface area contributed by atoms with Gasteiger partial charge < -0.3 is 9.47 Å². The van der Waals surface area contributed by atoms with Crippen molar-refractivity contribution in [1.82, 2.24) is 0 Å². The topological polar surface area (TPSA) is 35.5 Å². The van der Waals surface area contributed by atoms with Gasteiger partial charge in [-0.25, -0.2) is 4.79 Å². The van der Waals surface area contributed by atoms with Crippen LogP contribution in [0.2, 0.25) is 0 Å². The van der Waals surface area contributed by atoms with Crippen molar-refractivity contribution in [2.45, 2.75) is 26.7 Å². The zero-order chi connectivity index (χ0) is 15.8. The molecule has 0 fully saturated rings. The highest BCUT2D eigenvalue weighted by atomic mass is 16.5. The maximum absolute atomic E-state index is 11.8. The number of ether oxygens (including phenoxy) is 2. The van der Waals surface area contributed by atoms with Crippen LogP contribution in [0.5, 0.6) is 5.75 Å². The molecule has 0 bridgehead atoms. The van der Waals surface area contributed by atoms with Crippen LogP contribution in [0.25, 0.3) is 11.1 Å². The molecule has 116 valence electrons. The van der Waals surface area contributed by atoms with Gasteiger partial charge in [-0.3, -0.25) is 0 Å². The summed E-state index contributed by atoms with van der Waals surface area (Å²) < 4.78 is 10.7. The second-order valence-corrected chi connectivity index (χ2v) is 5.09. The van der Waals surface area contributed by atoms with E-state index in [1.54, 1.807) is 12.1 Å². The number of carbonyl (C=O) groups is 1. The number of benzene rings is 2. The quantitative estimate of drug-likeness (QED) is 0.694. The van der Waals surface area contributed by atoms with Crippen molar-refractivity contribution in [2.75, 3.05) is 13.2 Å². The molecule has 0 atom stereocenters. The van der Waals surface area contributed by atoms with Gasteiger partial charge in [0.1, 0.15) is 5.75 Å². The summed E-state index contributed by atoms with van der Waals surface area (Å²) in [6.45, 7) is 5.25. The van der Waals surface area contributed by atoms with E-state index >= 15 is 0 Å². The lowest BCUT2D eigenvalue weighted by molar-refractivity contribution is 0.0505. The van der Waals surface area contributed by atoms with Gasteiger partial charge in [0.15, 0.2) is 0 Å². The molecule has 0 spiro atoms. The Hall–Kier alpha value is -2.29. The third kappa shape index (κ3) is 4.35. The van der Waals surface area contributed by atoms with Gasteiger partial charge in [0.2, 0.25) is 0 Å². The highest BCUT2D eigenvalue weighted by Crippen LogP contribution is 2.23. The molecule has 22 heavy (non-hydrogen) atoms. The largest absolute Gasteiger partial charge is 0.494 e. The third-order valence-electron chi connectivity index (χ3n) is 3.22. The fourth-order valence-corrected chi connectivity index (χ4v) is 2.04. The van der Waals surface area contributed by atoms with Crippen LogP contribution in [-0.2, 0) is 4.74 Å². The monoisotopic (exact) mass is 298 g/mol. The molecule has 2 aromatic carbocycles. The minimum absolute atomic E-state index is 0.267. The van der Waals surface area contributed by atoms with Crippen LogP contribution < -0.4 is 4.74 Å². The molecule has 0 aromatic heterocycles. The van der Waals surface area contributed by atoms with Crippen molar-refractivity contribution in [1.29, 1.82) is 0 Å². The van der Waals surface area contributed by atoms with Gasteiger partial charge in [-0.2, -0.15) is 0 Å². The van der Waals surface area contributed by atoms with E-state index in [-0.39, 0.29) is 5.97 Å². The number of hydrogen-bond donors (Lipinski definition) is 0. The molecule has 0 radical (unpaired) electrons. The smallest absolute Gasteiger partial charge is 0.338 e. The van der Waals surface area contributed by atoms with Gasteiger partial charge in [-0.15, -0.1) is 0 Å². The minimum atomic E-state index is -0.267. The van der Waals surface area contributed by atoms with Crippen LogP contribution in [0.15, 0.2) is 48.5 Å². The van der Waals surface area contributed by atoms with Crippen molar-refractivity contribution < 1.29 is 14.3 Å². The average molecular weight is 298 g/mol. The Balaban J connectivity index is 2.05. The van der Waals surface area contributed by atoms with E-state index in [0.717, 1.165) is 36.3 Å². The molecule has 0 unspecified atom stereocenters. The summed E-state index contributed by atoms with van der Waals surface area (Å²) in [5.41, 5.74) is 2.74. The zero-order valence-electron chi connectivity index (χ0n) is 13.2. The molecule has 3 nitrogen and oxygen atoms in total. The molecule has 0 N–H and O–H groups in total. The van der Waals surface area contributed by atoms with Gasteiger partial charge in [-0.05, 0) is 48.2 Å². The first-order chi connectivity index (χ1) is 10.7. The van der Waals surface area contributed by atoms with Crippen LogP contribution in [0.3, 0.4) is 0 Å². The lowest BCUT2D eigenvalue weighted by Crippen LogP contribution is -2.05. The average Bonchev–Trinajstić information content (AvgIpc) is 2.58. The molecule has 0 saturated heterocycles.